The molecule has 7 nitrogen and oxygen atoms in total. The number of rotatable bonds is 5. The van der Waals surface area contributed by atoms with Gasteiger partial charge in [-0.2, -0.15) is 5.10 Å². The second kappa shape index (κ2) is 6.91. The van der Waals surface area contributed by atoms with E-state index < -0.39 is 6.03 Å². The van der Waals surface area contributed by atoms with Crippen LogP contribution in [0.3, 0.4) is 0 Å². The van der Waals surface area contributed by atoms with Crippen molar-refractivity contribution in [1.82, 2.24) is 20.4 Å². The molecule has 3 amide bonds. The van der Waals surface area contributed by atoms with Crippen molar-refractivity contribution in [1.29, 1.82) is 0 Å². The number of nitrogens with two attached hydrogens (primary N) is 1. The van der Waals surface area contributed by atoms with Gasteiger partial charge in [-0.15, -0.1) is 0 Å². The minimum Gasteiger partial charge on any atom is -0.352 e. The Morgan fingerprint density at radius 1 is 1.43 bits per heavy atom. The van der Waals surface area contributed by atoms with Crippen LogP contribution in [-0.2, 0) is 4.79 Å². The van der Waals surface area contributed by atoms with Crippen molar-refractivity contribution in [3.63, 3.8) is 0 Å². The third-order valence-corrected chi connectivity index (χ3v) is 3.37. The van der Waals surface area contributed by atoms with Crippen LogP contribution in [0.1, 0.15) is 24.2 Å². The number of nitrogens with zero attached hydrogens (tertiary/aromatic N) is 2. The van der Waals surface area contributed by atoms with Crippen LogP contribution in [0.2, 0.25) is 0 Å². The predicted molar refractivity (Wildman–Crippen MR) is 82.4 cm³/mol. The molecule has 8 heteroatoms. The van der Waals surface area contributed by atoms with Crippen LogP contribution in [0.5, 0.6) is 0 Å². The van der Waals surface area contributed by atoms with Gasteiger partial charge in [0.15, 0.2) is 0 Å². The van der Waals surface area contributed by atoms with Gasteiger partial charge in [-0.3, -0.25) is 4.79 Å². The molecule has 0 saturated carbocycles. The lowest BCUT2D eigenvalue weighted by atomic mass is 10.1. The van der Waals surface area contributed by atoms with Gasteiger partial charge in [0.05, 0.1) is 24.5 Å². The van der Waals surface area contributed by atoms with Gasteiger partial charge in [0.2, 0.25) is 5.91 Å². The summed E-state index contributed by atoms with van der Waals surface area (Å²) in [4.78, 5) is 22.3. The van der Waals surface area contributed by atoms with Crippen LogP contribution < -0.4 is 16.4 Å². The summed E-state index contributed by atoms with van der Waals surface area (Å²) in [5.41, 5.74) is 7.09. The average molecular weight is 319 g/mol. The Balaban J connectivity index is 2.12. The van der Waals surface area contributed by atoms with Gasteiger partial charge in [0.25, 0.3) is 0 Å². The quantitative estimate of drug-likeness (QED) is 0.770. The molecule has 1 aromatic carbocycles. The summed E-state index contributed by atoms with van der Waals surface area (Å²) in [6.45, 7) is 3.43. The van der Waals surface area contributed by atoms with Crippen molar-refractivity contribution < 1.29 is 14.0 Å². The van der Waals surface area contributed by atoms with E-state index in [0.29, 0.717) is 5.69 Å². The predicted octanol–water partition coefficient (Wildman–Crippen LogP) is 1.17. The third kappa shape index (κ3) is 4.06. The van der Waals surface area contributed by atoms with Gasteiger partial charge in [0, 0.05) is 11.3 Å². The van der Waals surface area contributed by atoms with Crippen LogP contribution in [0, 0.1) is 12.7 Å². The lowest BCUT2D eigenvalue weighted by molar-refractivity contribution is -0.120. The Hall–Kier alpha value is -2.90. The minimum atomic E-state index is -0.761. The molecule has 0 unspecified atom stereocenters. The van der Waals surface area contributed by atoms with E-state index in [9.17, 15) is 14.0 Å². The molecule has 1 heterocycles. The number of amides is 3. The highest BCUT2D eigenvalue weighted by molar-refractivity contribution is 5.83. The summed E-state index contributed by atoms with van der Waals surface area (Å²) in [7, 11) is 0. The summed E-state index contributed by atoms with van der Waals surface area (Å²) in [6, 6.07) is 5.00. The smallest absolute Gasteiger partial charge is 0.312 e. The van der Waals surface area contributed by atoms with Gasteiger partial charge in [0.1, 0.15) is 5.82 Å². The zero-order valence-corrected chi connectivity index (χ0v) is 12.8. The molecule has 0 saturated heterocycles. The maximum Gasteiger partial charge on any atom is 0.312 e. The molecule has 0 aliphatic carbocycles. The number of halogens is 1. The van der Waals surface area contributed by atoms with Crippen LogP contribution in [-0.4, -0.2) is 28.3 Å². The van der Waals surface area contributed by atoms with Gasteiger partial charge in [-0.25, -0.2) is 13.9 Å². The highest BCUT2D eigenvalue weighted by atomic mass is 19.1. The van der Waals surface area contributed by atoms with E-state index in [0.717, 1.165) is 11.3 Å². The zero-order valence-electron chi connectivity index (χ0n) is 12.8. The fourth-order valence-electron chi connectivity index (χ4n) is 2.25. The van der Waals surface area contributed by atoms with Gasteiger partial charge >= 0.3 is 6.03 Å². The lowest BCUT2D eigenvalue weighted by Gasteiger charge is -2.14. The molecule has 122 valence electrons. The monoisotopic (exact) mass is 319 g/mol. The minimum absolute atomic E-state index is 0.198. The first kappa shape index (κ1) is 16.5. The molecule has 0 fully saturated rings. The molecular formula is C15H18FN5O2. The van der Waals surface area contributed by atoms with Crippen molar-refractivity contribution in [3.8, 4) is 5.69 Å². The molecule has 2 rings (SSSR count). The SMILES string of the molecule is Cc1c([C@H](C)NC(=O)CNC(N)=O)cnn1-c1cccc(F)c1. The molecule has 23 heavy (non-hydrogen) atoms. The fourth-order valence-corrected chi connectivity index (χ4v) is 2.25. The van der Waals surface area contributed by atoms with Crippen molar-refractivity contribution in [2.45, 2.75) is 19.9 Å². The molecule has 0 bridgehead atoms. The molecule has 1 aromatic heterocycles. The van der Waals surface area contributed by atoms with Crippen molar-refractivity contribution in [2.24, 2.45) is 5.73 Å². The van der Waals surface area contributed by atoms with E-state index >= 15 is 0 Å². The molecule has 2 aromatic rings. The summed E-state index contributed by atoms with van der Waals surface area (Å²) in [6.07, 6.45) is 1.62. The molecule has 0 aliphatic rings. The van der Waals surface area contributed by atoms with Crippen LogP contribution in [0.25, 0.3) is 5.69 Å². The summed E-state index contributed by atoms with van der Waals surface area (Å²) >= 11 is 0. The van der Waals surface area contributed by atoms with E-state index in [1.807, 2.05) is 6.92 Å². The second-order valence-electron chi connectivity index (χ2n) is 5.08. The zero-order chi connectivity index (χ0) is 17.0. The molecular weight excluding hydrogens is 301 g/mol. The Labute approximate surface area is 132 Å². The normalized spacial score (nSPS) is 11.8. The molecule has 1 atom stereocenters. The summed E-state index contributed by atoms with van der Waals surface area (Å²) in [5.74, 6) is -0.716. The van der Waals surface area contributed by atoms with E-state index in [2.05, 4.69) is 15.7 Å². The fraction of sp³-hybridized carbons (Fsp3) is 0.267. The number of carbonyl (C=O) groups is 2. The molecule has 0 aliphatic heterocycles. The first-order valence-electron chi connectivity index (χ1n) is 7.01. The topological polar surface area (TPSA) is 102 Å². The maximum atomic E-state index is 13.3. The first-order valence-corrected chi connectivity index (χ1v) is 7.01. The van der Waals surface area contributed by atoms with Crippen LogP contribution >= 0.6 is 0 Å². The Kier molecular flexibility index (Phi) is 4.95. The summed E-state index contributed by atoms with van der Waals surface area (Å²) in [5, 5.41) is 9.19. The van der Waals surface area contributed by atoms with Gasteiger partial charge < -0.3 is 16.4 Å². The highest BCUT2D eigenvalue weighted by Crippen LogP contribution is 2.20. The first-order chi connectivity index (χ1) is 10.9. The Morgan fingerprint density at radius 3 is 2.83 bits per heavy atom. The van der Waals surface area contributed by atoms with Crippen molar-refractivity contribution >= 4 is 11.9 Å². The van der Waals surface area contributed by atoms with E-state index in [4.69, 9.17) is 5.73 Å². The molecule has 0 spiro atoms. The maximum absolute atomic E-state index is 13.3. The number of hydrogen-bond donors (Lipinski definition) is 3. The van der Waals surface area contributed by atoms with Crippen LogP contribution in [0.15, 0.2) is 30.5 Å². The Morgan fingerprint density at radius 2 is 2.17 bits per heavy atom. The Bertz CT molecular complexity index is 728. The van der Waals surface area contributed by atoms with E-state index in [1.165, 1.54) is 12.1 Å². The average Bonchev–Trinajstić information content (AvgIpc) is 2.87. The number of nitrogens with one attached hydrogen (secondary N) is 2. The van der Waals surface area contributed by atoms with Crippen LogP contribution in [0.4, 0.5) is 9.18 Å². The second-order valence-corrected chi connectivity index (χ2v) is 5.08. The number of aromatic nitrogens is 2. The van der Waals surface area contributed by atoms with E-state index in [-0.39, 0.29) is 24.3 Å². The number of primary amides is 1. The van der Waals surface area contributed by atoms with Crippen molar-refractivity contribution in [3.05, 3.63) is 47.5 Å². The van der Waals surface area contributed by atoms with E-state index in [1.54, 1.807) is 29.9 Å². The van der Waals surface area contributed by atoms with Gasteiger partial charge in [-0.1, -0.05) is 6.07 Å². The largest absolute Gasteiger partial charge is 0.352 e. The summed E-state index contributed by atoms with van der Waals surface area (Å²) < 4.78 is 14.9. The standard InChI is InChI=1S/C15H18FN5O2/c1-9(20-14(22)8-18-15(17)23)13-7-19-21(10(13)2)12-5-3-4-11(16)6-12/h3-7,9H,8H2,1-2H3,(H,20,22)(H3,17,18,23)/t9-/m0/s1. The number of urea groups is 1. The third-order valence-electron chi connectivity index (χ3n) is 3.37. The number of hydrogen-bond acceptors (Lipinski definition) is 3. The van der Waals surface area contributed by atoms with Crippen molar-refractivity contribution in [2.75, 3.05) is 6.54 Å². The number of benzene rings is 1. The molecule has 0 radical (unpaired) electrons. The number of carbonyl (C=O) groups excluding carboxylic acids is 2. The molecule has 4 N–H and O–H groups in total. The van der Waals surface area contributed by atoms with Gasteiger partial charge in [-0.05, 0) is 32.0 Å². The highest BCUT2D eigenvalue weighted by Gasteiger charge is 2.16. The lowest BCUT2D eigenvalue weighted by Crippen LogP contribution is -2.40.